The molecular formula is C15H22S. The van der Waals surface area contributed by atoms with Crippen molar-refractivity contribution >= 4 is 17.6 Å². The van der Waals surface area contributed by atoms with Crippen LogP contribution in [0.1, 0.15) is 56.6 Å². The normalized spacial score (nSPS) is 10.3. The molecule has 88 valence electrons. The van der Waals surface area contributed by atoms with Crippen LogP contribution in [-0.4, -0.2) is 5.37 Å². The van der Waals surface area contributed by atoms with E-state index >= 15 is 0 Å². The van der Waals surface area contributed by atoms with Gasteiger partial charge >= 0.3 is 0 Å². The number of rotatable bonds is 8. The second-order valence-corrected chi connectivity index (χ2v) is 4.61. The van der Waals surface area contributed by atoms with E-state index in [4.69, 9.17) is 12.2 Å². The maximum atomic E-state index is 4.88. The van der Waals surface area contributed by atoms with Crippen molar-refractivity contribution in [3.05, 3.63) is 35.4 Å². The van der Waals surface area contributed by atoms with Gasteiger partial charge in [-0.25, -0.2) is 0 Å². The zero-order chi connectivity index (χ0) is 11.6. The van der Waals surface area contributed by atoms with Crippen LogP contribution in [0.2, 0.25) is 0 Å². The molecule has 1 rings (SSSR count). The van der Waals surface area contributed by atoms with Crippen LogP contribution in [0.25, 0.3) is 0 Å². The summed E-state index contributed by atoms with van der Waals surface area (Å²) in [4.78, 5) is 0. The molecule has 0 saturated carbocycles. The Hall–Kier alpha value is -0.690. The fourth-order valence-corrected chi connectivity index (χ4v) is 2.03. The molecule has 0 heterocycles. The fourth-order valence-electron chi connectivity index (χ4n) is 1.87. The first-order valence-corrected chi connectivity index (χ1v) is 6.88. The summed E-state index contributed by atoms with van der Waals surface area (Å²) in [6, 6.07) is 8.62. The zero-order valence-corrected chi connectivity index (χ0v) is 11.1. The summed E-state index contributed by atoms with van der Waals surface area (Å²) in [5, 5.41) is 1.73. The summed E-state index contributed by atoms with van der Waals surface area (Å²) < 4.78 is 0. The minimum atomic E-state index is 1.14. The minimum absolute atomic E-state index is 1.14. The van der Waals surface area contributed by atoms with E-state index in [9.17, 15) is 0 Å². The number of hydrogen-bond donors (Lipinski definition) is 0. The van der Waals surface area contributed by atoms with Crippen molar-refractivity contribution in [2.24, 2.45) is 0 Å². The van der Waals surface area contributed by atoms with E-state index in [1.807, 2.05) is 0 Å². The smallest absolute Gasteiger partial charge is 0.00861 e. The van der Waals surface area contributed by atoms with Gasteiger partial charge < -0.3 is 0 Å². The first-order valence-electron chi connectivity index (χ1n) is 6.41. The Labute approximate surface area is 105 Å². The quantitative estimate of drug-likeness (QED) is 0.453. The molecule has 0 aliphatic rings. The Balaban J connectivity index is 2.14. The van der Waals surface area contributed by atoms with Gasteiger partial charge in [0.25, 0.3) is 0 Å². The second-order valence-electron chi connectivity index (χ2n) is 4.38. The third-order valence-electron chi connectivity index (χ3n) is 2.93. The second kappa shape index (κ2) is 8.46. The van der Waals surface area contributed by atoms with Gasteiger partial charge in [-0.05, 0) is 24.0 Å². The molecule has 1 aromatic rings. The summed E-state index contributed by atoms with van der Waals surface area (Å²) in [6.45, 7) is 2.26. The van der Waals surface area contributed by atoms with Crippen LogP contribution in [0.4, 0.5) is 0 Å². The van der Waals surface area contributed by atoms with Crippen molar-refractivity contribution in [1.82, 2.24) is 0 Å². The number of hydrogen-bond acceptors (Lipinski definition) is 1. The van der Waals surface area contributed by atoms with Crippen molar-refractivity contribution < 1.29 is 0 Å². The third kappa shape index (κ3) is 5.41. The Morgan fingerprint density at radius 2 is 1.56 bits per heavy atom. The Morgan fingerprint density at radius 1 is 0.938 bits per heavy atom. The van der Waals surface area contributed by atoms with Crippen molar-refractivity contribution in [3.63, 3.8) is 0 Å². The molecule has 0 atom stereocenters. The van der Waals surface area contributed by atoms with Crippen molar-refractivity contribution in [1.29, 1.82) is 0 Å². The van der Waals surface area contributed by atoms with Gasteiger partial charge in [0.05, 0.1) is 0 Å². The van der Waals surface area contributed by atoms with Gasteiger partial charge in [0.2, 0.25) is 0 Å². The molecule has 1 heteroatoms. The van der Waals surface area contributed by atoms with E-state index < -0.39 is 0 Å². The molecule has 0 aliphatic carbocycles. The van der Waals surface area contributed by atoms with Crippen molar-refractivity contribution in [3.8, 4) is 0 Å². The SMILES string of the molecule is CCCCCCCCc1ccc(C=S)cc1. The van der Waals surface area contributed by atoms with Crippen LogP contribution in [0.3, 0.4) is 0 Å². The van der Waals surface area contributed by atoms with Crippen LogP contribution in [0, 0.1) is 0 Å². The van der Waals surface area contributed by atoms with E-state index in [0.717, 1.165) is 5.56 Å². The van der Waals surface area contributed by atoms with Crippen LogP contribution in [0.5, 0.6) is 0 Å². The molecule has 0 amide bonds. The number of aryl methyl sites for hydroxylation is 1. The first kappa shape index (κ1) is 13.4. The highest BCUT2D eigenvalue weighted by Gasteiger charge is 1.94. The van der Waals surface area contributed by atoms with Crippen LogP contribution < -0.4 is 0 Å². The van der Waals surface area contributed by atoms with Crippen LogP contribution in [0.15, 0.2) is 24.3 Å². The lowest BCUT2D eigenvalue weighted by molar-refractivity contribution is 0.607. The highest BCUT2D eigenvalue weighted by atomic mass is 32.1. The largest absolute Gasteiger partial charge is 0.0881 e. The molecule has 0 fully saturated rings. The molecule has 16 heavy (non-hydrogen) atoms. The number of unbranched alkanes of at least 4 members (excludes halogenated alkanes) is 5. The Morgan fingerprint density at radius 3 is 2.19 bits per heavy atom. The molecule has 0 spiro atoms. The van der Waals surface area contributed by atoms with Gasteiger partial charge in [0.1, 0.15) is 0 Å². The molecule has 0 saturated heterocycles. The van der Waals surface area contributed by atoms with Gasteiger partial charge in [-0.2, -0.15) is 0 Å². The number of thiocarbonyl (C=S) groups is 1. The van der Waals surface area contributed by atoms with Gasteiger partial charge in [-0.15, -0.1) is 0 Å². The van der Waals surface area contributed by atoms with Crippen molar-refractivity contribution in [2.45, 2.75) is 51.9 Å². The summed E-state index contributed by atoms with van der Waals surface area (Å²) in [5.74, 6) is 0. The van der Waals surface area contributed by atoms with Crippen LogP contribution >= 0.6 is 12.2 Å². The Bertz CT molecular complexity index is 287. The molecule has 0 bridgehead atoms. The van der Waals surface area contributed by atoms with Gasteiger partial charge in [0.15, 0.2) is 0 Å². The predicted molar refractivity (Wildman–Crippen MR) is 76.3 cm³/mol. The standard InChI is InChI=1S/C15H22S/c1-2-3-4-5-6-7-8-14-9-11-15(13-16)12-10-14/h9-13H,2-8H2,1H3. The zero-order valence-electron chi connectivity index (χ0n) is 10.2. The molecule has 1 aromatic carbocycles. The molecule has 0 unspecified atom stereocenters. The lowest BCUT2D eigenvalue weighted by atomic mass is 10.0. The summed E-state index contributed by atoms with van der Waals surface area (Å²) in [6.07, 6.45) is 9.42. The molecular weight excluding hydrogens is 212 g/mol. The molecule has 0 aromatic heterocycles. The summed E-state index contributed by atoms with van der Waals surface area (Å²) in [5.41, 5.74) is 2.58. The van der Waals surface area contributed by atoms with E-state index in [0.29, 0.717) is 0 Å². The van der Waals surface area contributed by atoms with Crippen LogP contribution in [-0.2, 0) is 6.42 Å². The van der Waals surface area contributed by atoms with E-state index in [1.165, 1.54) is 50.5 Å². The van der Waals surface area contributed by atoms with E-state index in [-0.39, 0.29) is 0 Å². The topological polar surface area (TPSA) is 0 Å². The first-order chi connectivity index (χ1) is 7.86. The molecule has 0 nitrogen and oxygen atoms in total. The van der Waals surface area contributed by atoms with Crippen molar-refractivity contribution in [2.75, 3.05) is 0 Å². The third-order valence-corrected chi connectivity index (χ3v) is 3.21. The fraction of sp³-hybridized carbons (Fsp3) is 0.533. The lowest BCUT2D eigenvalue weighted by Gasteiger charge is -2.02. The summed E-state index contributed by atoms with van der Waals surface area (Å²) >= 11 is 4.88. The highest BCUT2D eigenvalue weighted by molar-refractivity contribution is 7.79. The maximum Gasteiger partial charge on any atom is 0.00861 e. The number of benzene rings is 1. The summed E-state index contributed by atoms with van der Waals surface area (Å²) in [7, 11) is 0. The van der Waals surface area contributed by atoms with E-state index in [1.54, 1.807) is 5.37 Å². The minimum Gasteiger partial charge on any atom is -0.0881 e. The van der Waals surface area contributed by atoms with E-state index in [2.05, 4.69) is 31.2 Å². The highest BCUT2D eigenvalue weighted by Crippen LogP contribution is 2.10. The van der Waals surface area contributed by atoms with Gasteiger partial charge in [-0.3, -0.25) is 0 Å². The molecule has 0 N–H and O–H groups in total. The maximum absolute atomic E-state index is 4.88. The monoisotopic (exact) mass is 234 g/mol. The average Bonchev–Trinajstić information content (AvgIpc) is 2.34. The van der Waals surface area contributed by atoms with Gasteiger partial charge in [0, 0.05) is 5.37 Å². The predicted octanol–water partition coefficient (Wildman–Crippen LogP) is 4.94. The Kier molecular flexibility index (Phi) is 7.07. The molecule has 0 aliphatic heterocycles. The lowest BCUT2D eigenvalue weighted by Crippen LogP contribution is -1.87. The van der Waals surface area contributed by atoms with Gasteiger partial charge in [-0.1, -0.05) is 75.5 Å². The molecule has 0 radical (unpaired) electrons. The average molecular weight is 234 g/mol.